The Morgan fingerprint density at radius 2 is 2.29 bits per heavy atom. The summed E-state index contributed by atoms with van der Waals surface area (Å²) in [6.07, 6.45) is 1.04. The molecule has 0 bridgehead atoms. The number of benzene rings is 1. The summed E-state index contributed by atoms with van der Waals surface area (Å²) < 4.78 is 9.68. The van der Waals surface area contributed by atoms with E-state index >= 15 is 0 Å². The van der Waals surface area contributed by atoms with Crippen LogP contribution in [0.2, 0.25) is 0 Å². The summed E-state index contributed by atoms with van der Waals surface area (Å²) in [6, 6.07) is 7.10. The molecule has 4 nitrogen and oxygen atoms in total. The van der Waals surface area contributed by atoms with Gasteiger partial charge in [0.2, 0.25) is 0 Å². The largest absolute Gasteiger partial charge is 0.431 e. The lowest BCUT2D eigenvalue weighted by molar-refractivity contribution is 0.0623. The van der Waals surface area contributed by atoms with Crippen molar-refractivity contribution < 1.29 is 13.9 Å². The molecule has 1 aromatic heterocycles. The zero-order chi connectivity index (χ0) is 9.97. The summed E-state index contributed by atoms with van der Waals surface area (Å²) >= 11 is 0. The van der Waals surface area contributed by atoms with Crippen molar-refractivity contribution in [3.05, 3.63) is 43.0 Å². The molecular weight excluding hydrogens is 182 g/mol. The van der Waals surface area contributed by atoms with Crippen molar-refractivity contribution in [2.24, 2.45) is 0 Å². The summed E-state index contributed by atoms with van der Waals surface area (Å²) in [5, 5.41) is 0. The van der Waals surface area contributed by atoms with Crippen LogP contribution < -0.4 is 0 Å². The number of para-hydroxylation sites is 2. The van der Waals surface area contributed by atoms with E-state index in [2.05, 4.69) is 16.3 Å². The lowest BCUT2D eigenvalue weighted by Crippen LogP contribution is -1.99. The quantitative estimate of drug-likeness (QED) is 0.536. The number of oxazole rings is 1. The van der Waals surface area contributed by atoms with E-state index in [1.807, 2.05) is 6.07 Å². The average molecular weight is 189 g/mol. The minimum atomic E-state index is -0.642. The smallest absolute Gasteiger partial charge is 0.399 e. The lowest BCUT2D eigenvalue weighted by atomic mass is 10.3. The molecule has 0 saturated heterocycles. The van der Waals surface area contributed by atoms with E-state index in [0.29, 0.717) is 11.1 Å². The van der Waals surface area contributed by atoms with Crippen LogP contribution in [0.5, 0.6) is 0 Å². The molecule has 1 heterocycles. The number of nitrogens with zero attached hydrogens (tertiary/aromatic N) is 1. The van der Waals surface area contributed by atoms with E-state index in [9.17, 15) is 4.79 Å². The molecule has 0 aliphatic heterocycles. The van der Waals surface area contributed by atoms with Gasteiger partial charge in [0.05, 0.1) is 6.26 Å². The molecule has 70 valence electrons. The van der Waals surface area contributed by atoms with Crippen molar-refractivity contribution in [3.63, 3.8) is 0 Å². The molecular formula is C10H7NO3. The molecule has 0 fully saturated rings. The van der Waals surface area contributed by atoms with Crippen LogP contribution in [0.3, 0.4) is 0 Å². The Labute approximate surface area is 79.8 Å². The second-order valence-electron chi connectivity index (χ2n) is 2.56. The van der Waals surface area contributed by atoms with E-state index in [0.717, 1.165) is 6.26 Å². The summed E-state index contributed by atoms with van der Waals surface area (Å²) in [4.78, 5) is 15.1. The maximum absolute atomic E-state index is 11.2. The van der Waals surface area contributed by atoms with Gasteiger partial charge < -0.3 is 9.15 Å². The Balaban J connectivity index is 2.44. The standard InChI is InChI=1S/C10H7NO3/c1-2-13-10(12)9-11-7-5-3-4-6-8(7)14-9/h2-6H,1H2. The van der Waals surface area contributed by atoms with E-state index in [-0.39, 0.29) is 5.89 Å². The molecule has 2 aromatic rings. The first kappa shape index (κ1) is 8.50. The molecule has 0 N–H and O–H groups in total. The fraction of sp³-hybridized carbons (Fsp3) is 0. The van der Waals surface area contributed by atoms with Gasteiger partial charge in [-0.2, -0.15) is 0 Å². The number of rotatable bonds is 2. The van der Waals surface area contributed by atoms with Gasteiger partial charge in [0.15, 0.2) is 5.58 Å². The van der Waals surface area contributed by atoms with Gasteiger partial charge in [-0.1, -0.05) is 18.7 Å². The number of carbonyl (C=O) groups excluding carboxylic acids is 1. The predicted molar refractivity (Wildman–Crippen MR) is 49.6 cm³/mol. The second kappa shape index (κ2) is 3.33. The van der Waals surface area contributed by atoms with Gasteiger partial charge in [0.25, 0.3) is 0 Å². The third kappa shape index (κ3) is 1.37. The Kier molecular flexibility index (Phi) is 2.02. The third-order valence-corrected chi connectivity index (χ3v) is 1.66. The SMILES string of the molecule is C=COC(=O)c1nc2ccccc2o1. The van der Waals surface area contributed by atoms with Gasteiger partial charge in [0.1, 0.15) is 5.52 Å². The number of esters is 1. The van der Waals surface area contributed by atoms with Crippen molar-refractivity contribution in [1.82, 2.24) is 4.98 Å². The molecule has 0 atom stereocenters. The number of hydrogen-bond donors (Lipinski definition) is 0. The molecule has 0 amide bonds. The highest BCUT2D eigenvalue weighted by molar-refractivity contribution is 5.88. The van der Waals surface area contributed by atoms with Crippen LogP contribution in [0.15, 0.2) is 41.5 Å². The van der Waals surface area contributed by atoms with E-state index in [1.165, 1.54) is 0 Å². The molecule has 1 aromatic carbocycles. The summed E-state index contributed by atoms with van der Waals surface area (Å²) in [7, 11) is 0. The number of fused-ring (bicyclic) bond motifs is 1. The van der Waals surface area contributed by atoms with Gasteiger partial charge in [-0.25, -0.2) is 9.78 Å². The zero-order valence-corrected chi connectivity index (χ0v) is 7.27. The third-order valence-electron chi connectivity index (χ3n) is 1.66. The molecule has 0 unspecified atom stereocenters. The van der Waals surface area contributed by atoms with E-state index < -0.39 is 5.97 Å². The number of hydrogen-bond acceptors (Lipinski definition) is 4. The summed E-state index contributed by atoms with van der Waals surface area (Å²) in [6.45, 7) is 3.27. The number of ether oxygens (including phenoxy) is 1. The Morgan fingerprint density at radius 1 is 1.50 bits per heavy atom. The van der Waals surface area contributed by atoms with Gasteiger partial charge in [-0.05, 0) is 12.1 Å². The van der Waals surface area contributed by atoms with Crippen LogP contribution in [-0.4, -0.2) is 11.0 Å². The van der Waals surface area contributed by atoms with Crippen LogP contribution in [0.25, 0.3) is 11.1 Å². The Bertz CT molecular complexity index is 454. The fourth-order valence-electron chi connectivity index (χ4n) is 1.09. The maximum Gasteiger partial charge on any atom is 0.399 e. The predicted octanol–water partition coefficient (Wildman–Crippen LogP) is 2.13. The maximum atomic E-state index is 11.2. The van der Waals surface area contributed by atoms with Crippen molar-refractivity contribution in [2.45, 2.75) is 0 Å². The molecule has 0 radical (unpaired) electrons. The van der Waals surface area contributed by atoms with E-state index in [1.54, 1.807) is 18.2 Å². The van der Waals surface area contributed by atoms with Crippen molar-refractivity contribution >= 4 is 17.1 Å². The molecule has 0 aliphatic carbocycles. The molecule has 0 saturated carbocycles. The molecule has 0 aliphatic rings. The fourth-order valence-corrected chi connectivity index (χ4v) is 1.09. The minimum Gasteiger partial charge on any atom is -0.431 e. The summed E-state index contributed by atoms with van der Waals surface area (Å²) in [5.41, 5.74) is 1.19. The van der Waals surface area contributed by atoms with Crippen molar-refractivity contribution in [2.75, 3.05) is 0 Å². The Morgan fingerprint density at radius 3 is 3.00 bits per heavy atom. The highest BCUT2D eigenvalue weighted by Crippen LogP contribution is 2.14. The second-order valence-corrected chi connectivity index (χ2v) is 2.56. The zero-order valence-electron chi connectivity index (χ0n) is 7.27. The first-order chi connectivity index (χ1) is 6.81. The van der Waals surface area contributed by atoms with Gasteiger partial charge >= 0.3 is 11.9 Å². The minimum absolute atomic E-state index is 0.0638. The first-order valence-electron chi connectivity index (χ1n) is 3.99. The molecule has 14 heavy (non-hydrogen) atoms. The lowest BCUT2D eigenvalue weighted by Gasteiger charge is -1.89. The van der Waals surface area contributed by atoms with E-state index in [4.69, 9.17) is 4.42 Å². The topological polar surface area (TPSA) is 52.3 Å². The number of aromatic nitrogens is 1. The van der Waals surface area contributed by atoms with Crippen LogP contribution in [-0.2, 0) is 4.74 Å². The monoisotopic (exact) mass is 189 g/mol. The van der Waals surface area contributed by atoms with Crippen molar-refractivity contribution in [1.29, 1.82) is 0 Å². The normalized spacial score (nSPS) is 10.0. The Hall–Kier alpha value is -2.10. The van der Waals surface area contributed by atoms with Crippen LogP contribution in [0.1, 0.15) is 10.7 Å². The van der Waals surface area contributed by atoms with Gasteiger partial charge in [0, 0.05) is 0 Å². The van der Waals surface area contributed by atoms with Gasteiger partial charge in [-0.15, -0.1) is 0 Å². The highest BCUT2D eigenvalue weighted by atomic mass is 16.5. The first-order valence-corrected chi connectivity index (χ1v) is 3.99. The summed E-state index contributed by atoms with van der Waals surface area (Å²) in [5.74, 6) is -0.706. The van der Waals surface area contributed by atoms with Crippen LogP contribution >= 0.6 is 0 Å². The van der Waals surface area contributed by atoms with Gasteiger partial charge in [-0.3, -0.25) is 0 Å². The van der Waals surface area contributed by atoms with Crippen LogP contribution in [0, 0.1) is 0 Å². The molecule has 0 spiro atoms. The highest BCUT2D eigenvalue weighted by Gasteiger charge is 2.14. The van der Waals surface area contributed by atoms with Crippen molar-refractivity contribution in [3.8, 4) is 0 Å². The molecule has 2 rings (SSSR count). The van der Waals surface area contributed by atoms with Crippen LogP contribution in [0.4, 0.5) is 0 Å². The number of carbonyl (C=O) groups is 1. The average Bonchev–Trinajstić information content (AvgIpc) is 2.61. The molecule has 4 heteroatoms.